The molecule has 8 heteroatoms. The molecule has 0 atom stereocenters. The number of aryl methyl sites for hydroxylation is 1. The molecule has 0 bridgehead atoms. The van der Waals surface area contributed by atoms with Crippen LogP contribution in [0.15, 0.2) is 16.7 Å². The van der Waals surface area contributed by atoms with Crippen molar-refractivity contribution in [2.75, 3.05) is 0 Å². The van der Waals surface area contributed by atoms with Crippen LogP contribution in [0.1, 0.15) is 5.76 Å². The van der Waals surface area contributed by atoms with Crippen LogP contribution in [0.4, 0.5) is 0 Å². The zero-order chi connectivity index (χ0) is 14.5. The third-order valence-electron chi connectivity index (χ3n) is 3.01. The van der Waals surface area contributed by atoms with E-state index in [-0.39, 0.29) is 0 Å². The zero-order valence-electron chi connectivity index (χ0n) is 11.7. The van der Waals surface area contributed by atoms with E-state index in [1.54, 1.807) is 10.6 Å². The highest BCUT2D eigenvalue weighted by Crippen LogP contribution is 2.19. The largest absolute Gasteiger partial charge is 0.361 e. The average molecular weight is 308 g/mol. The minimum atomic E-state index is -1.57. The molecule has 0 aliphatic heterocycles. The normalized spacial score (nSPS) is 12.2. The smallest absolute Gasteiger partial charge is 0.207 e. The predicted molar refractivity (Wildman–Crippen MR) is 79.0 cm³/mol. The highest BCUT2D eigenvalue weighted by molar-refractivity contribution is 6.90. The van der Waals surface area contributed by atoms with Crippen LogP contribution in [0, 0.1) is 6.92 Å². The molecule has 0 aliphatic rings. The quantitative estimate of drug-likeness (QED) is 0.679. The molecular weight excluding hydrogens is 294 g/mol. The Kier molecular flexibility index (Phi) is 2.91. The molecule has 6 nitrogen and oxygen atoms in total. The van der Waals surface area contributed by atoms with Crippen LogP contribution in [-0.4, -0.2) is 33.0 Å². The molecule has 0 aliphatic carbocycles. The maximum Gasteiger partial charge on any atom is 0.207 e. The lowest BCUT2D eigenvalue weighted by Crippen LogP contribution is -2.39. The SMILES string of the molecule is Cc1cc(-c2nnc3cc([Si](C)(C)C)c(Cl)nn23)no1. The number of halogens is 1. The number of hydrogen-bond acceptors (Lipinski definition) is 5. The lowest BCUT2D eigenvalue weighted by Gasteiger charge is -2.17. The first kappa shape index (κ1) is 13.3. The molecule has 0 aromatic carbocycles. The van der Waals surface area contributed by atoms with Crippen molar-refractivity contribution >= 4 is 30.5 Å². The van der Waals surface area contributed by atoms with Crippen LogP contribution in [-0.2, 0) is 0 Å². The van der Waals surface area contributed by atoms with Gasteiger partial charge in [0, 0.05) is 6.07 Å². The fraction of sp³-hybridized carbons (Fsp3) is 0.333. The van der Waals surface area contributed by atoms with Crippen LogP contribution in [0.2, 0.25) is 24.8 Å². The van der Waals surface area contributed by atoms with E-state index in [9.17, 15) is 0 Å². The molecule has 3 heterocycles. The van der Waals surface area contributed by atoms with Crippen molar-refractivity contribution in [1.82, 2.24) is 25.0 Å². The van der Waals surface area contributed by atoms with E-state index in [0.29, 0.717) is 28.1 Å². The highest BCUT2D eigenvalue weighted by Gasteiger charge is 2.23. The summed E-state index contributed by atoms with van der Waals surface area (Å²) in [5.41, 5.74) is 1.27. The summed E-state index contributed by atoms with van der Waals surface area (Å²) >= 11 is 6.31. The van der Waals surface area contributed by atoms with Gasteiger partial charge in [-0.1, -0.05) is 36.4 Å². The summed E-state index contributed by atoms with van der Waals surface area (Å²) in [4.78, 5) is 0. The van der Waals surface area contributed by atoms with Crippen molar-refractivity contribution < 1.29 is 4.52 Å². The van der Waals surface area contributed by atoms with Crippen molar-refractivity contribution in [2.24, 2.45) is 0 Å². The fourth-order valence-corrected chi connectivity index (χ4v) is 4.18. The topological polar surface area (TPSA) is 69.1 Å². The van der Waals surface area contributed by atoms with Crippen molar-refractivity contribution in [3.8, 4) is 11.5 Å². The minimum absolute atomic E-state index is 0.498. The molecule has 104 valence electrons. The number of hydrogen-bond donors (Lipinski definition) is 0. The maximum absolute atomic E-state index is 6.31. The van der Waals surface area contributed by atoms with Gasteiger partial charge in [0.2, 0.25) is 5.82 Å². The number of rotatable bonds is 2. The van der Waals surface area contributed by atoms with Crippen molar-refractivity contribution in [2.45, 2.75) is 26.6 Å². The summed E-state index contributed by atoms with van der Waals surface area (Å²) in [5.74, 6) is 1.24. The second kappa shape index (κ2) is 4.39. The molecule has 0 saturated heterocycles. The van der Waals surface area contributed by atoms with E-state index in [0.717, 1.165) is 5.19 Å². The summed E-state index contributed by atoms with van der Waals surface area (Å²) in [7, 11) is -1.57. The standard InChI is InChI=1S/C12H14ClN5OSi/c1-7-5-8(17-19-7)12-15-14-10-6-9(20(2,3)4)11(13)16-18(10)12/h5-6H,1-4H3. The summed E-state index contributed by atoms with van der Waals surface area (Å²) in [5, 5.41) is 18.2. The zero-order valence-corrected chi connectivity index (χ0v) is 13.4. The van der Waals surface area contributed by atoms with E-state index in [1.807, 2.05) is 13.0 Å². The Morgan fingerprint density at radius 3 is 2.55 bits per heavy atom. The highest BCUT2D eigenvalue weighted by atomic mass is 35.5. The number of nitrogens with zero attached hydrogens (tertiary/aromatic N) is 5. The average Bonchev–Trinajstić information content (AvgIpc) is 2.92. The van der Waals surface area contributed by atoms with E-state index in [1.165, 1.54) is 0 Å². The van der Waals surface area contributed by atoms with Gasteiger partial charge in [0.25, 0.3) is 0 Å². The van der Waals surface area contributed by atoms with Crippen LogP contribution in [0.5, 0.6) is 0 Å². The summed E-state index contributed by atoms with van der Waals surface area (Å²) < 4.78 is 6.66. The van der Waals surface area contributed by atoms with Crippen molar-refractivity contribution in [3.05, 3.63) is 23.0 Å². The Balaban J connectivity index is 2.22. The molecule has 0 radical (unpaired) electrons. The molecular formula is C12H14ClN5OSi. The predicted octanol–water partition coefficient (Wildman–Crippen LogP) is 2.29. The van der Waals surface area contributed by atoms with E-state index in [4.69, 9.17) is 16.1 Å². The van der Waals surface area contributed by atoms with E-state index < -0.39 is 8.07 Å². The van der Waals surface area contributed by atoms with Crippen molar-refractivity contribution in [3.63, 3.8) is 0 Å². The maximum atomic E-state index is 6.31. The molecule has 0 fully saturated rings. The first-order valence-electron chi connectivity index (χ1n) is 6.22. The molecule has 0 amide bonds. The van der Waals surface area contributed by atoms with E-state index in [2.05, 4.69) is 40.1 Å². The Morgan fingerprint density at radius 1 is 1.20 bits per heavy atom. The Hall–Kier alpha value is -1.73. The van der Waals surface area contributed by atoms with Crippen LogP contribution < -0.4 is 5.19 Å². The van der Waals surface area contributed by atoms with Gasteiger partial charge in [0.15, 0.2) is 11.3 Å². The molecule has 3 rings (SSSR count). The van der Waals surface area contributed by atoms with Gasteiger partial charge in [0.05, 0.1) is 8.07 Å². The van der Waals surface area contributed by atoms with Gasteiger partial charge >= 0.3 is 0 Å². The fourth-order valence-electron chi connectivity index (χ4n) is 1.97. The second-order valence-electron chi connectivity index (χ2n) is 5.72. The van der Waals surface area contributed by atoms with Crippen molar-refractivity contribution in [1.29, 1.82) is 0 Å². The minimum Gasteiger partial charge on any atom is -0.361 e. The number of fused-ring (bicyclic) bond motifs is 1. The number of aromatic nitrogens is 5. The summed E-state index contributed by atoms with van der Waals surface area (Å²) in [6.45, 7) is 8.46. The van der Waals surface area contributed by atoms with Crippen LogP contribution >= 0.6 is 11.6 Å². The van der Waals surface area contributed by atoms with Gasteiger partial charge in [-0.2, -0.15) is 9.61 Å². The molecule has 20 heavy (non-hydrogen) atoms. The summed E-state index contributed by atoms with van der Waals surface area (Å²) in [6.07, 6.45) is 0. The molecule has 0 unspecified atom stereocenters. The Labute approximate surface area is 121 Å². The second-order valence-corrected chi connectivity index (χ2v) is 11.1. The lowest BCUT2D eigenvalue weighted by molar-refractivity contribution is 0.399. The Bertz CT molecular complexity index is 789. The summed E-state index contributed by atoms with van der Waals surface area (Å²) in [6, 6.07) is 3.75. The molecule has 0 spiro atoms. The molecule has 3 aromatic heterocycles. The third-order valence-corrected chi connectivity index (χ3v) is 5.45. The molecule has 3 aromatic rings. The lowest BCUT2D eigenvalue weighted by atomic mass is 10.4. The molecule has 0 saturated carbocycles. The third kappa shape index (κ3) is 2.12. The van der Waals surface area contributed by atoms with Gasteiger partial charge in [-0.05, 0) is 18.2 Å². The van der Waals surface area contributed by atoms with Gasteiger partial charge in [0.1, 0.15) is 10.9 Å². The first-order chi connectivity index (χ1) is 9.36. The Morgan fingerprint density at radius 2 is 1.95 bits per heavy atom. The van der Waals surface area contributed by atoms with Crippen LogP contribution in [0.3, 0.4) is 0 Å². The van der Waals surface area contributed by atoms with Gasteiger partial charge < -0.3 is 4.52 Å². The monoisotopic (exact) mass is 307 g/mol. The van der Waals surface area contributed by atoms with Gasteiger partial charge in [-0.25, -0.2) is 0 Å². The van der Waals surface area contributed by atoms with Gasteiger partial charge in [-0.15, -0.1) is 10.2 Å². The van der Waals surface area contributed by atoms with E-state index >= 15 is 0 Å². The first-order valence-corrected chi connectivity index (χ1v) is 10.1. The van der Waals surface area contributed by atoms with Gasteiger partial charge in [-0.3, -0.25) is 0 Å². The molecule has 0 N–H and O–H groups in total. The van der Waals surface area contributed by atoms with Crippen LogP contribution in [0.25, 0.3) is 17.2 Å².